The van der Waals surface area contributed by atoms with Crippen molar-refractivity contribution in [1.29, 1.82) is 0 Å². The van der Waals surface area contributed by atoms with Crippen LogP contribution in [0.5, 0.6) is 11.5 Å². The molecule has 1 spiro atoms. The van der Waals surface area contributed by atoms with Gasteiger partial charge in [0.2, 0.25) is 5.91 Å². The molecule has 1 aliphatic heterocycles. The van der Waals surface area contributed by atoms with Gasteiger partial charge in [-0.25, -0.2) is 0 Å². The Bertz CT molecular complexity index is 1640. The summed E-state index contributed by atoms with van der Waals surface area (Å²) in [6.45, 7) is 1.02. The van der Waals surface area contributed by atoms with Gasteiger partial charge in [-0.05, 0) is 79.3 Å². The van der Waals surface area contributed by atoms with Crippen molar-refractivity contribution in [3.05, 3.63) is 93.2 Å². The molecule has 0 saturated heterocycles. The third-order valence-electron chi connectivity index (χ3n) is 7.95. The first-order chi connectivity index (χ1) is 19.5. The number of aromatic nitrogens is 1. The van der Waals surface area contributed by atoms with E-state index in [9.17, 15) is 9.59 Å². The van der Waals surface area contributed by atoms with E-state index < -0.39 is 5.41 Å². The zero-order valence-corrected chi connectivity index (χ0v) is 22.9. The van der Waals surface area contributed by atoms with Crippen molar-refractivity contribution in [3.8, 4) is 22.8 Å². The number of nitrogens with zero attached hydrogens (tertiary/aromatic N) is 2. The lowest BCUT2D eigenvalue weighted by molar-refractivity contribution is -0.121. The highest BCUT2D eigenvalue weighted by molar-refractivity contribution is 6.39. The third-order valence-corrected chi connectivity index (χ3v) is 8.58. The van der Waals surface area contributed by atoms with Crippen LogP contribution in [0.25, 0.3) is 11.3 Å². The first-order valence-electron chi connectivity index (χ1n) is 13.2. The summed E-state index contributed by atoms with van der Waals surface area (Å²) in [5.74, 6) is 2.33. The molecule has 9 heteroatoms. The van der Waals surface area contributed by atoms with Crippen LogP contribution in [0.15, 0.2) is 65.2 Å². The zero-order valence-electron chi connectivity index (χ0n) is 21.4. The lowest BCUT2D eigenvalue weighted by Crippen LogP contribution is -2.31. The molecule has 2 heterocycles. The predicted octanol–water partition coefficient (Wildman–Crippen LogP) is 7.22. The highest BCUT2D eigenvalue weighted by Gasteiger charge is 2.59. The molecular weight excluding hydrogens is 551 g/mol. The molecule has 202 valence electrons. The smallest absolute Gasteiger partial charge is 0.298 e. The Morgan fingerprint density at radius 2 is 1.80 bits per heavy atom. The summed E-state index contributed by atoms with van der Waals surface area (Å²) in [5, 5.41) is 5.35. The number of carbonyl (C=O) groups is 2. The van der Waals surface area contributed by atoms with Gasteiger partial charge in [0.05, 0.1) is 27.6 Å². The van der Waals surface area contributed by atoms with Crippen LogP contribution in [-0.4, -0.2) is 17.5 Å². The van der Waals surface area contributed by atoms with E-state index in [2.05, 4.69) is 5.16 Å². The highest BCUT2D eigenvalue weighted by Crippen LogP contribution is 2.58. The van der Waals surface area contributed by atoms with E-state index in [1.54, 1.807) is 30.3 Å². The molecule has 0 radical (unpaired) electrons. The monoisotopic (exact) mass is 574 g/mol. The van der Waals surface area contributed by atoms with Crippen LogP contribution in [0.4, 0.5) is 5.69 Å². The quantitative estimate of drug-likeness (QED) is 0.196. The van der Waals surface area contributed by atoms with Crippen LogP contribution in [0.3, 0.4) is 0 Å². The number of hydrogen-bond acceptors (Lipinski definition) is 6. The molecular formula is C31H24Cl2N2O5. The Labute approximate surface area is 240 Å². The number of benzene rings is 3. The first kappa shape index (κ1) is 25.2. The maximum absolute atomic E-state index is 13.6. The maximum Gasteiger partial charge on any atom is 0.298 e. The fraction of sp³-hybridized carbons (Fsp3) is 0.258. The lowest BCUT2D eigenvalue weighted by Gasteiger charge is -2.18. The summed E-state index contributed by atoms with van der Waals surface area (Å²) in [4.78, 5) is 26.1. The van der Waals surface area contributed by atoms with Gasteiger partial charge in [-0.1, -0.05) is 46.6 Å². The minimum atomic E-state index is -0.502. The molecule has 2 fully saturated rings. The fourth-order valence-electron chi connectivity index (χ4n) is 5.63. The van der Waals surface area contributed by atoms with Crippen molar-refractivity contribution in [2.45, 2.75) is 50.2 Å². The highest BCUT2D eigenvalue weighted by atomic mass is 35.5. The molecule has 0 atom stereocenters. The van der Waals surface area contributed by atoms with Crippen molar-refractivity contribution in [3.63, 3.8) is 0 Å². The summed E-state index contributed by atoms with van der Waals surface area (Å²) in [5.41, 5.74) is 4.31. The molecule has 0 N–H and O–H groups in total. The molecule has 0 bridgehead atoms. The van der Waals surface area contributed by atoms with Crippen molar-refractivity contribution < 1.29 is 23.6 Å². The van der Waals surface area contributed by atoms with Crippen LogP contribution in [0.1, 0.15) is 54.1 Å². The summed E-state index contributed by atoms with van der Waals surface area (Å²) in [7, 11) is 0. The second-order valence-electron chi connectivity index (χ2n) is 10.5. The van der Waals surface area contributed by atoms with Crippen LogP contribution in [-0.2, 0) is 28.2 Å². The summed E-state index contributed by atoms with van der Waals surface area (Å²) in [6.07, 6.45) is 3.70. The van der Waals surface area contributed by atoms with Gasteiger partial charge in [0, 0.05) is 17.2 Å². The first-order valence-corrected chi connectivity index (χ1v) is 14.0. The second kappa shape index (κ2) is 9.68. The minimum Gasteiger partial charge on any atom is -0.489 e. The molecule has 7 rings (SSSR count). The second-order valence-corrected chi connectivity index (χ2v) is 11.4. The molecule has 2 saturated carbocycles. The molecule has 3 aliphatic rings. The van der Waals surface area contributed by atoms with Gasteiger partial charge < -0.3 is 18.9 Å². The maximum atomic E-state index is 13.6. The fourth-order valence-corrected chi connectivity index (χ4v) is 6.21. The number of ether oxygens (including phenoxy) is 2. The van der Waals surface area contributed by atoms with E-state index in [1.165, 1.54) is 0 Å². The SMILES string of the molecule is O=COc1cccc(CN2C(=O)C3(CC3)c3cc(OCc4c(-c5c(Cl)cccc5Cl)noc4C4CC4)ccc32)c1. The van der Waals surface area contributed by atoms with E-state index in [0.717, 1.165) is 53.8 Å². The Kier molecular flexibility index (Phi) is 6.09. The van der Waals surface area contributed by atoms with Gasteiger partial charge in [0.25, 0.3) is 6.47 Å². The molecule has 1 aromatic heterocycles. The Balaban J connectivity index is 1.17. The van der Waals surface area contributed by atoms with Gasteiger partial charge in [-0.3, -0.25) is 9.59 Å². The number of anilines is 1. The standard InChI is InChI=1S/C31H24Cl2N2O5/c32-24-5-2-6-25(33)27(24)28-22(29(40-34-28)19-7-8-19)16-38-21-9-10-26-23(14-21)31(11-12-31)30(37)35(26)15-18-3-1-4-20(13-18)39-17-36/h1-6,9-10,13-14,17,19H,7-8,11-12,15-16H2. The number of hydrogen-bond donors (Lipinski definition) is 0. The van der Waals surface area contributed by atoms with Crippen LogP contribution in [0.2, 0.25) is 10.0 Å². The topological polar surface area (TPSA) is 81.9 Å². The van der Waals surface area contributed by atoms with Crippen molar-refractivity contribution in [2.24, 2.45) is 0 Å². The Hall–Kier alpha value is -3.81. The Morgan fingerprint density at radius 3 is 2.52 bits per heavy atom. The van der Waals surface area contributed by atoms with Gasteiger partial charge in [-0.2, -0.15) is 0 Å². The molecule has 0 unspecified atom stereocenters. The Morgan fingerprint density at radius 1 is 1.02 bits per heavy atom. The molecule has 4 aromatic rings. The number of amides is 1. The third kappa shape index (κ3) is 4.25. The van der Waals surface area contributed by atoms with Gasteiger partial charge in [-0.15, -0.1) is 0 Å². The van der Waals surface area contributed by atoms with Gasteiger partial charge in [0.15, 0.2) is 0 Å². The number of fused-ring (bicyclic) bond motifs is 2. The molecule has 2 aliphatic carbocycles. The number of halogens is 2. The van der Waals surface area contributed by atoms with E-state index in [1.807, 2.05) is 35.2 Å². The average Bonchev–Trinajstić information content (AvgIpc) is 3.88. The summed E-state index contributed by atoms with van der Waals surface area (Å²) in [6, 6.07) is 18.4. The van der Waals surface area contributed by atoms with E-state index in [-0.39, 0.29) is 12.5 Å². The normalized spacial score (nSPS) is 16.8. The molecule has 1 amide bonds. The molecule has 7 nitrogen and oxygen atoms in total. The number of rotatable bonds is 9. The largest absolute Gasteiger partial charge is 0.489 e. The van der Waals surface area contributed by atoms with Crippen molar-refractivity contribution >= 4 is 41.3 Å². The number of carbonyl (C=O) groups excluding carboxylic acids is 2. The molecule has 3 aromatic carbocycles. The van der Waals surface area contributed by atoms with E-state index in [0.29, 0.717) is 51.7 Å². The van der Waals surface area contributed by atoms with Gasteiger partial charge in [0.1, 0.15) is 29.6 Å². The van der Waals surface area contributed by atoms with Crippen LogP contribution < -0.4 is 14.4 Å². The van der Waals surface area contributed by atoms with Gasteiger partial charge >= 0.3 is 0 Å². The molecule has 40 heavy (non-hydrogen) atoms. The van der Waals surface area contributed by atoms with E-state index >= 15 is 0 Å². The minimum absolute atomic E-state index is 0.0899. The summed E-state index contributed by atoms with van der Waals surface area (Å²) >= 11 is 13.0. The van der Waals surface area contributed by atoms with Crippen LogP contribution in [0, 0.1) is 0 Å². The van der Waals surface area contributed by atoms with Crippen molar-refractivity contribution in [2.75, 3.05) is 4.90 Å². The summed E-state index contributed by atoms with van der Waals surface area (Å²) < 4.78 is 17.1. The average molecular weight is 575 g/mol. The zero-order chi connectivity index (χ0) is 27.4. The lowest BCUT2D eigenvalue weighted by atomic mass is 9.98. The van der Waals surface area contributed by atoms with E-state index in [4.69, 9.17) is 37.2 Å². The predicted molar refractivity (Wildman–Crippen MR) is 150 cm³/mol. The van der Waals surface area contributed by atoms with Crippen molar-refractivity contribution in [1.82, 2.24) is 5.16 Å². The van der Waals surface area contributed by atoms with Crippen LogP contribution >= 0.6 is 23.2 Å².